The highest BCUT2D eigenvalue weighted by atomic mass is 32.2. The van der Waals surface area contributed by atoms with E-state index in [1.165, 1.54) is 19.0 Å². The summed E-state index contributed by atoms with van der Waals surface area (Å²) in [7, 11) is -0.862. The van der Waals surface area contributed by atoms with E-state index in [1.807, 2.05) is 13.0 Å². The lowest BCUT2D eigenvalue weighted by Gasteiger charge is -2.31. The van der Waals surface area contributed by atoms with Gasteiger partial charge >= 0.3 is 0 Å². The van der Waals surface area contributed by atoms with E-state index in [1.54, 1.807) is 37.3 Å². The second-order valence-corrected chi connectivity index (χ2v) is 9.83. The number of nitrogens with one attached hydrogen (secondary N) is 3. The Hall–Kier alpha value is -3.11. The molecule has 0 bridgehead atoms. The Labute approximate surface area is 195 Å². The molecule has 33 heavy (non-hydrogen) atoms. The third-order valence-corrected chi connectivity index (χ3v) is 7.09. The van der Waals surface area contributed by atoms with Gasteiger partial charge in [0.25, 0.3) is 15.9 Å². The van der Waals surface area contributed by atoms with Gasteiger partial charge in [0.15, 0.2) is 0 Å². The number of piperazine rings is 1. The van der Waals surface area contributed by atoms with Gasteiger partial charge in [-0.2, -0.15) is 0 Å². The zero-order chi connectivity index (χ0) is 24.2. The Morgan fingerprint density at radius 3 is 2.45 bits per heavy atom. The summed E-state index contributed by atoms with van der Waals surface area (Å²) in [5.41, 5.74) is 2.80. The molecular formula is C23H31N5O4S. The van der Waals surface area contributed by atoms with Crippen molar-refractivity contribution in [2.45, 2.75) is 18.7 Å². The van der Waals surface area contributed by atoms with E-state index in [-0.39, 0.29) is 23.3 Å². The predicted molar refractivity (Wildman–Crippen MR) is 129 cm³/mol. The standard InChI is InChI=1S/C23H31N5O4S/c1-16-5-6-17(2)21(13-16)33(31,32)26-19-14-18(23(30)27(4)15-22(29)24-3)7-8-20(19)28-11-9-25-10-12-28/h5-8,13-14,25-26H,9-12,15H2,1-4H3,(H,24,29). The first-order valence-corrected chi connectivity index (χ1v) is 12.3. The van der Waals surface area contributed by atoms with E-state index in [0.717, 1.165) is 18.7 Å². The van der Waals surface area contributed by atoms with Crippen LogP contribution in [0.15, 0.2) is 41.3 Å². The molecule has 0 unspecified atom stereocenters. The van der Waals surface area contributed by atoms with Crippen LogP contribution >= 0.6 is 0 Å². The normalized spacial score (nSPS) is 14.0. The summed E-state index contributed by atoms with van der Waals surface area (Å²) >= 11 is 0. The van der Waals surface area contributed by atoms with Crippen LogP contribution in [0.25, 0.3) is 0 Å². The fourth-order valence-corrected chi connectivity index (χ4v) is 5.11. The average Bonchev–Trinajstić information content (AvgIpc) is 2.80. The number of amides is 2. The second-order valence-electron chi connectivity index (χ2n) is 8.18. The number of benzene rings is 2. The average molecular weight is 474 g/mol. The third-order valence-electron chi connectivity index (χ3n) is 5.58. The smallest absolute Gasteiger partial charge is 0.262 e. The lowest BCUT2D eigenvalue weighted by molar-refractivity contribution is -0.121. The van der Waals surface area contributed by atoms with Gasteiger partial charge < -0.3 is 20.4 Å². The van der Waals surface area contributed by atoms with Crippen LogP contribution in [0.2, 0.25) is 0 Å². The maximum absolute atomic E-state index is 13.3. The van der Waals surface area contributed by atoms with E-state index >= 15 is 0 Å². The first kappa shape index (κ1) is 24.5. The number of aryl methyl sites for hydroxylation is 2. The summed E-state index contributed by atoms with van der Waals surface area (Å²) < 4.78 is 29.4. The molecule has 1 aliphatic rings. The topological polar surface area (TPSA) is 111 Å². The molecule has 0 saturated carbocycles. The zero-order valence-corrected chi connectivity index (χ0v) is 20.3. The molecule has 1 saturated heterocycles. The van der Waals surface area contributed by atoms with Crippen LogP contribution < -0.4 is 20.3 Å². The first-order chi connectivity index (χ1) is 15.6. The lowest BCUT2D eigenvalue weighted by atomic mass is 10.1. The Kier molecular flexibility index (Phi) is 7.60. The van der Waals surface area contributed by atoms with Crippen LogP contribution in [0.4, 0.5) is 11.4 Å². The van der Waals surface area contributed by atoms with Crippen molar-refractivity contribution in [1.82, 2.24) is 15.5 Å². The quantitative estimate of drug-likeness (QED) is 0.560. The molecule has 2 amide bonds. The summed E-state index contributed by atoms with van der Waals surface area (Å²) in [6, 6.07) is 10.2. The molecule has 178 valence electrons. The molecule has 3 rings (SSSR count). The van der Waals surface area contributed by atoms with Crippen LogP contribution in [0.3, 0.4) is 0 Å². The summed E-state index contributed by atoms with van der Waals surface area (Å²) in [4.78, 5) is 28.2. The Morgan fingerprint density at radius 2 is 1.79 bits per heavy atom. The number of rotatable bonds is 7. The van der Waals surface area contributed by atoms with Crippen molar-refractivity contribution < 1.29 is 18.0 Å². The van der Waals surface area contributed by atoms with Crippen LogP contribution in [0.1, 0.15) is 21.5 Å². The van der Waals surface area contributed by atoms with Crippen LogP contribution in [0.5, 0.6) is 0 Å². The summed E-state index contributed by atoms with van der Waals surface area (Å²) in [6.07, 6.45) is 0. The SMILES string of the molecule is CNC(=O)CN(C)C(=O)c1ccc(N2CCNCC2)c(NS(=O)(=O)c2cc(C)ccc2C)c1. The number of sulfonamides is 1. The minimum absolute atomic E-state index is 0.0988. The number of likely N-dealkylation sites (N-methyl/N-ethyl adjacent to an activating group) is 2. The number of carbonyl (C=O) groups is 2. The van der Waals surface area contributed by atoms with Gasteiger partial charge in [-0.3, -0.25) is 14.3 Å². The molecule has 2 aromatic rings. The van der Waals surface area contributed by atoms with Gasteiger partial charge in [0.2, 0.25) is 5.91 Å². The second kappa shape index (κ2) is 10.2. The van der Waals surface area contributed by atoms with Gasteiger partial charge in [0, 0.05) is 45.8 Å². The molecule has 1 fully saturated rings. The van der Waals surface area contributed by atoms with E-state index in [9.17, 15) is 18.0 Å². The fourth-order valence-electron chi connectivity index (χ4n) is 3.72. The first-order valence-electron chi connectivity index (χ1n) is 10.8. The monoisotopic (exact) mass is 473 g/mol. The van der Waals surface area contributed by atoms with Gasteiger partial charge in [-0.15, -0.1) is 0 Å². The summed E-state index contributed by atoms with van der Waals surface area (Å²) in [5.74, 6) is -0.670. The van der Waals surface area contributed by atoms with E-state index < -0.39 is 10.0 Å². The number of anilines is 2. The highest BCUT2D eigenvalue weighted by Gasteiger charge is 2.23. The van der Waals surface area contributed by atoms with E-state index in [0.29, 0.717) is 35.6 Å². The van der Waals surface area contributed by atoms with Crippen molar-refractivity contribution in [2.24, 2.45) is 0 Å². The highest BCUT2D eigenvalue weighted by molar-refractivity contribution is 7.92. The molecule has 0 spiro atoms. The number of carbonyl (C=O) groups excluding carboxylic acids is 2. The molecule has 0 aliphatic carbocycles. The minimum Gasteiger partial charge on any atom is -0.367 e. The summed E-state index contributed by atoms with van der Waals surface area (Å²) in [5, 5.41) is 5.77. The van der Waals surface area contributed by atoms with Gasteiger partial charge in [0.1, 0.15) is 0 Å². The van der Waals surface area contributed by atoms with Gasteiger partial charge in [-0.25, -0.2) is 8.42 Å². The van der Waals surface area contributed by atoms with Crippen molar-refractivity contribution >= 4 is 33.2 Å². The van der Waals surface area contributed by atoms with Crippen molar-refractivity contribution in [3.63, 3.8) is 0 Å². The predicted octanol–water partition coefficient (Wildman–Crippen LogP) is 1.33. The van der Waals surface area contributed by atoms with Crippen LogP contribution in [-0.4, -0.2) is 72.0 Å². The Balaban J connectivity index is 2.00. The van der Waals surface area contributed by atoms with Crippen molar-refractivity contribution in [1.29, 1.82) is 0 Å². The number of hydrogen-bond acceptors (Lipinski definition) is 6. The lowest BCUT2D eigenvalue weighted by Crippen LogP contribution is -2.44. The molecular weight excluding hydrogens is 442 g/mol. The molecule has 1 aliphatic heterocycles. The minimum atomic E-state index is -3.89. The largest absolute Gasteiger partial charge is 0.367 e. The maximum Gasteiger partial charge on any atom is 0.262 e. The molecule has 0 radical (unpaired) electrons. The van der Waals surface area contributed by atoms with Crippen LogP contribution in [0, 0.1) is 13.8 Å². The molecule has 2 aromatic carbocycles. The molecule has 9 nitrogen and oxygen atoms in total. The molecule has 10 heteroatoms. The Morgan fingerprint density at radius 1 is 1.09 bits per heavy atom. The number of nitrogens with zero attached hydrogens (tertiary/aromatic N) is 2. The van der Waals surface area contributed by atoms with Gasteiger partial charge in [0.05, 0.1) is 22.8 Å². The van der Waals surface area contributed by atoms with E-state index in [2.05, 4.69) is 20.3 Å². The third kappa shape index (κ3) is 5.82. The number of hydrogen-bond donors (Lipinski definition) is 3. The highest BCUT2D eigenvalue weighted by Crippen LogP contribution is 2.31. The molecule has 1 heterocycles. The van der Waals surface area contributed by atoms with Crippen molar-refractivity contribution in [3.05, 3.63) is 53.1 Å². The van der Waals surface area contributed by atoms with E-state index in [4.69, 9.17) is 0 Å². The summed E-state index contributed by atoms with van der Waals surface area (Å²) in [6.45, 7) is 6.46. The molecule has 3 N–H and O–H groups in total. The fraction of sp³-hybridized carbons (Fsp3) is 0.391. The van der Waals surface area contributed by atoms with Crippen molar-refractivity contribution in [3.8, 4) is 0 Å². The molecule has 0 aromatic heterocycles. The van der Waals surface area contributed by atoms with Gasteiger partial charge in [-0.1, -0.05) is 12.1 Å². The molecule has 0 atom stereocenters. The van der Waals surface area contributed by atoms with Crippen molar-refractivity contribution in [2.75, 3.05) is 56.4 Å². The van der Waals surface area contributed by atoms with Gasteiger partial charge in [-0.05, 0) is 49.2 Å². The maximum atomic E-state index is 13.3. The zero-order valence-electron chi connectivity index (χ0n) is 19.4. The Bertz CT molecular complexity index is 1140. The van der Waals surface area contributed by atoms with Crippen LogP contribution in [-0.2, 0) is 14.8 Å².